The number of carbonyl (C=O) groups is 1. The predicted molar refractivity (Wildman–Crippen MR) is 67.8 cm³/mol. The van der Waals surface area contributed by atoms with Gasteiger partial charge in [-0.2, -0.15) is 18.3 Å². The fourth-order valence-corrected chi connectivity index (χ4v) is 2.01. The molecule has 0 spiro atoms. The van der Waals surface area contributed by atoms with Gasteiger partial charge in [-0.15, -0.1) is 0 Å². The number of H-pyrrole nitrogens is 2. The second-order valence-electron chi connectivity index (χ2n) is 4.45. The number of nitrogens with one attached hydrogen (secondary N) is 2. The van der Waals surface area contributed by atoms with Crippen LogP contribution >= 0.6 is 0 Å². The Hall–Kier alpha value is -2.77. The third kappa shape index (κ3) is 2.35. The quantitative estimate of drug-likeness (QED) is 0.678. The normalized spacial score (nSPS) is 12.0. The first-order chi connectivity index (χ1) is 9.84. The molecule has 8 heteroatoms. The van der Waals surface area contributed by atoms with Crippen LogP contribution in [0.5, 0.6) is 0 Å². The largest absolute Gasteiger partial charge is 0.477 e. The molecular formula is C13H8F3N3O2. The van der Waals surface area contributed by atoms with E-state index in [1.807, 2.05) is 0 Å². The summed E-state index contributed by atoms with van der Waals surface area (Å²) in [6, 6.07) is 6.26. The summed E-state index contributed by atoms with van der Waals surface area (Å²) in [5.41, 5.74) is 0.209. The number of fused-ring (bicyclic) bond motifs is 1. The average Bonchev–Trinajstić information content (AvgIpc) is 3.03. The second-order valence-corrected chi connectivity index (χ2v) is 4.45. The van der Waals surface area contributed by atoms with Gasteiger partial charge in [-0.05, 0) is 18.2 Å². The molecule has 2 aromatic heterocycles. The van der Waals surface area contributed by atoms with Crippen molar-refractivity contribution >= 4 is 16.9 Å². The Morgan fingerprint density at radius 3 is 2.57 bits per heavy atom. The van der Waals surface area contributed by atoms with Crippen molar-refractivity contribution in [2.75, 3.05) is 0 Å². The van der Waals surface area contributed by atoms with Crippen LogP contribution in [0, 0.1) is 0 Å². The minimum atomic E-state index is -4.41. The van der Waals surface area contributed by atoms with E-state index in [4.69, 9.17) is 5.11 Å². The Bertz CT molecular complexity index is 833. The molecule has 3 N–H and O–H groups in total. The summed E-state index contributed by atoms with van der Waals surface area (Å²) in [5, 5.41) is 15.5. The summed E-state index contributed by atoms with van der Waals surface area (Å²) in [7, 11) is 0. The molecule has 0 bridgehead atoms. The zero-order valence-electron chi connectivity index (χ0n) is 10.3. The van der Waals surface area contributed by atoms with Gasteiger partial charge >= 0.3 is 12.1 Å². The molecule has 0 saturated heterocycles. The van der Waals surface area contributed by atoms with Crippen LogP contribution in [0.3, 0.4) is 0 Å². The molecule has 3 aromatic rings. The van der Waals surface area contributed by atoms with Crippen molar-refractivity contribution in [2.45, 2.75) is 6.18 Å². The Morgan fingerprint density at radius 1 is 1.19 bits per heavy atom. The molecule has 0 aliphatic carbocycles. The molecule has 1 aromatic carbocycles. The van der Waals surface area contributed by atoms with Crippen molar-refractivity contribution in [2.24, 2.45) is 0 Å². The first-order valence-corrected chi connectivity index (χ1v) is 5.83. The van der Waals surface area contributed by atoms with Crippen LogP contribution in [-0.4, -0.2) is 26.3 Å². The lowest BCUT2D eigenvalue weighted by Gasteiger charge is -2.05. The topological polar surface area (TPSA) is 81.8 Å². The molecule has 0 saturated carbocycles. The molecule has 21 heavy (non-hydrogen) atoms. The highest BCUT2D eigenvalue weighted by atomic mass is 19.4. The van der Waals surface area contributed by atoms with Crippen LogP contribution < -0.4 is 0 Å². The minimum absolute atomic E-state index is 0.0976. The lowest BCUT2D eigenvalue weighted by molar-refractivity contribution is -0.137. The van der Waals surface area contributed by atoms with E-state index in [2.05, 4.69) is 15.2 Å². The minimum Gasteiger partial charge on any atom is -0.477 e. The third-order valence-electron chi connectivity index (χ3n) is 3.03. The van der Waals surface area contributed by atoms with Gasteiger partial charge < -0.3 is 10.1 Å². The summed E-state index contributed by atoms with van der Waals surface area (Å²) in [6.45, 7) is 0. The maximum absolute atomic E-state index is 12.6. The number of rotatable bonds is 2. The van der Waals surface area contributed by atoms with E-state index in [1.165, 1.54) is 12.1 Å². The van der Waals surface area contributed by atoms with E-state index in [-0.39, 0.29) is 5.69 Å². The lowest BCUT2D eigenvalue weighted by atomic mass is 10.1. The van der Waals surface area contributed by atoms with Gasteiger partial charge in [-0.3, -0.25) is 5.10 Å². The molecule has 0 atom stereocenters. The number of halogens is 3. The van der Waals surface area contributed by atoms with Crippen molar-refractivity contribution in [1.82, 2.24) is 15.2 Å². The van der Waals surface area contributed by atoms with Crippen molar-refractivity contribution in [3.05, 3.63) is 41.6 Å². The molecule has 0 amide bonds. The maximum atomic E-state index is 12.6. The van der Waals surface area contributed by atoms with Gasteiger partial charge in [0.25, 0.3) is 0 Å². The van der Waals surface area contributed by atoms with E-state index < -0.39 is 17.7 Å². The molecule has 3 rings (SSSR count). The number of carboxylic acid groups (broad SMARTS) is 1. The van der Waals surface area contributed by atoms with Crippen LogP contribution in [0.2, 0.25) is 0 Å². The number of hydrogen-bond donors (Lipinski definition) is 3. The Labute approximate surface area is 115 Å². The summed E-state index contributed by atoms with van der Waals surface area (Å²) in [6.07, 6.45) is -4.41. The highest BCUT2D eigenvalue weighted by Crippen LogP contribution is 2.32. The Kier molecular flexibility index (Phi) is 2.75. The highest BCUT2D eigenvalue weighted by Gasteiger charge is 2.30. The first kappa shape index (κ1) is 13.2. The van der Waals surface area contributed by atoms with Crippen LogP contribution in [0.25, 0.3) is 22.3 Å². The maximum Gasteiger partial charge on any atom is 0.416 e. The zero-order chi connectivity index (χ0) is 15.2. The van der Waals surface area contributed by atoms with Crippen molar-refractivity contribution in [3.8, 4) is 11.4 Å². The number of alkyl halides is 3. The molecule has 5 nitrogen and oxygen atoms in total. The number of aromatic carboxylic acids is 1. The lowest BCUT2D eigenvalue weighted by Crippen LogP contribution is -2.03. The first-order valence-electron chi connectivity index (χ1n) is 5.83. The van der Waals surface area contributed by atoms with Crippen molar-refractivity contribution < 1.29 is 23.1 Å². The number of aromatic nitrogens is 3. The number of benzene rings is 1. The predicted octanol–water partition coefficient (Wildman–Crippen LogP) is 3.28. The van der Waals surface area contributed by atoms with Gasteiger partial charge in [-0.25, -0.2) is 4.79 Å². The number of hydrogen-bond acceptors (Lipinski definition) is 2. The van der Waals surface area contributed by atoms with E-state index in [0.717, 1.165) is 12.1 Å². The summed E-state index contributed by atoms with van der Waals surface area (Å²) in [4.78, 5) is 13.6. The summed E-state index contributed by atoms with van der Waals surface area (Å²) >= 11 is 0. The van der Waals surface area contributed by atoms with Crippen LogP contribution in [0.1, 0.15) is 16.1 Å². The Morgan fingerprint density at radius 2 is 1.95 bits per heavy atom. The van der Waals surface area contributed by atoms with E-state index in [9.17, 15) is 18.0 Å². The van der Waals surface area contributed by atoms with Gasteiger partial charge in [0, 0.05) is 17.0 Å². The standard InChI is InChI=1S/C13H8F3N3O2/c14-13(15,16)7-2-1-6-3-9(17-8(6)4-7)10-5-11(12(20)21)19-18-10/h1-5,17H,(H,18,19)(H,20,21). The highest BCUT2D eigenvalue weighted by molar-refractivity contribution is 5.89. The number of nitrogens with zero attached hydrogens (tertiary/aromatic N) is 1. The second kappa shape index (κ2) is 4.37. The molecule has 0 aliphatic heterocycles. The van der Waals surface area contributed by atoms with Gasteiger partial charge in [0.05, 0.1) is 11.3 Å². The SMILES string of the molecule is O=C(O)c1cc(-c2cc3ccc(C(F)(F)F)cc3[nH]2)n[nH]1. The molecule has 0 radical (unpaired) electrons. The van der Waals surface area contributed by atoms with E-state index in [1.54, 1.807) is 6.07 Å². The van der Waals surface area contributed by atoms with E-state index >= 15 is 0 Å². The third-order valence-corrected chi connectivity index (χ3v) is 3.03. The summed E-state index contributed by atoms with van der Waals surface area (Å²) < 4.78 is 37.9. The molecule has 0 aliphatic rings. The van der Waals surface area contributed by atoms with Crippen LogP contribution in [-0.2, 0) is 6.18 Å². The smallest absolute Gasteiger partial charge is 0.416 e. The number of carboxylic acids is 1. The fraction of sp³-hybridized carbons (Fsp3) is 0.0769. The van der Waals surface area contributed by atoms with E-state index in [0.29, 0.717) is 22.3 Å². The van der Waals surface area contributed by atoms with Gasteiger partial charge in [-0.1, -0.05) is 6.07 Å². The van der Waals surface area contributed by atoms with Gasteiger partial charge in [0.2, 0.25) is 0 Å². The number of aromatic amines is 2. The molecule has 108 valence electrons. The monoisotopic (exact) mass is 295 g/mol. The fourth-order valence-electron chi connectivity index (χ4n) is 2.01. The van der Waals surface area contributed by atoms with Crippen molar-refractivity contribution in [1.29, 1.82) is 0 Å². The molecule has 2 heterocycles. The van der Waals surface area contributed by atoms with Crippen LogP contribution in [0.15, 0.2) is 30.3 Å². The molecular weight excluding hydrogens is 287 g/mol. The van der Waals surface area contributed by atoms with Crippen molar-refractivity contribution in [3.63, 3.8) is 0 Å². The molecule has 0 unspecified atom stereocenters. The summed E-state index contributed by atoms with van der Waals surface area (Å²) in [5.74, 6) is -1.16. The van der Waals surface area contributed by atoms with Gasteiger partial charge in [0.15, 0.2) is 0 Å². The molecule has 0 fully saturated rings. The zero-order valence-corrected chi connectivity index (χ0v) is 10.3. The van der Waals surface area contributed by atoms with Crippen LogP contribution in [0.4, 0.5) is 13.2 Å². The average molecular weight is 295 g/mol. The Balaban J connectivity index is 2.06. The van der Waals surface area contributed by atoms with Gasteiger partial charge in [0.1, 0.15) is 11.4 Å².